The second kappa shape index (κ2) is 9.97. The van der Waals surface area contributed by atoms with Crippen molar-refractivity contribution in [2.45, 2.75) is 12.2 Å². The molecule has 0 fully saturated rings. The first-order valence-corrected chi connectivity index (χ1v) is 8.83. The number of benzene rings is 2. The lowest BCUT2D eigenvalue weighted by atomic mass is 10.1. The molecule has 0 spiro atoms. The van der Waals surface area contributed by atoms with E-state index in [0.717, 1.165) is 0 Å². The van der Waals surface area contributed by atoms with Gasteiger partial charge < -0.3 is 20.1 Å². The van der Waals surface area contributed by atoms with E-state index >= 15 is 0 Å². The molecule has 1 atom stereocenters. The third kappa shape index (κ3) is 5.86. The Balaban J connectivity index is 2.07. The first-order valence-electron chi connectivity index (χ1n) is 8.83. The van der Waals surface area contributed by atoms with Crippen LogP contribution in [0, 0.1) is 0 Å². The lowest BCUT2D eigenvalue weighted by Crippen LogP contribution is -2.38. The predicted molar refractivity (Wildman–Crippen MR) is 105 cm³/mol. The molecule has 3 N–H and O–H groups in total. The molecule has 162 valence electrons. The molecule has 0 aliphatic carbocycles. The third-order valence-corrected chi connectivity index (χ3v) is 4.19. The minimum Gasteiger partial charge on any atom is -0.493 e. The molecule has 10 heteroatoms. The second-order valence-corrected chi connectivity index (χ2v) is 6.17. The van der Waals surface area contributed by atoms with Crippen molar-refractivity contribution < 1.29 is 32.2 Å². The molecule has 0 radical (unpaired) electrons. The molecule has 0 saturated heterocycles. The van der Waals surface area contributed by atoms with Crippen LogP contribution in [0.15, 0.2) is 42.5 Å². The Labute approximate surface area is 171 Å². The van der Waals surface area contributed by atoms with Gasteiger partial charge >= 0.3 is 6.18 Å². The Hall–Kier alpha value is -3.27. The highest BCUT2D eigenvalue weighted by Crippen LogP contribution is 2.37. The highest BCUT2D eigenvalue weighted by atomic mass is 19.4. The first-order chi connectivity index (χ1) is 14.2. The Bertz CT molecular complexity index is 886. The number of carbonyl (C=O) groups excluding carboxylic acids is 2. The van der Waals surface area contributed by atoms with Gasteiger partial charge in [-0.15, -0.1) is 0 Å². The minimum absolute atomic E-state index is 0.122. The van der Waals surface area contributed by atoms with E-state index in [1.807, 2.05) is 0 Å². The maximum Gasteiger partial charge on any atom is 0.407 e. The monoisotopic (exact) mass is 425 g/mol. The number of alkyl halides is 3. The van der Waals surface area contributed by atoms with Crippen molar-refractivity contribution >= 4 is 17.5 Å². The molecule has 2 rings (SSSR count). The number of hydrogen-bond donors (Lipinski definition) is 3. The van der Waals surface area contributed by atoms with Crippen molar-refractivity contribution in [3.63, 3.8) is 0 Å². The minimum atomic E-state index is -4.64. The second-order valence-electron chi connectivity index (χ2n) is 6.17. The molecule has 2 amide bonds. The summed E-state index contributed by atoms with van der Waals surface area (Å²) in [5.41, 5.74) is 0.617. The number of halogens is 3. The number of rotatable bonds is 8. The van der Waals surface area contributed by atoms with Crippen molar-refractivity contribution in [3.05, 3.63) is 53.6 Å². The van der Waals surface area contributed by atoms with Crippen molar-refractivity contribution in [1.82, 2.24) is 10.6 Å². The van der Waals surface area contributed by atoms with E-state index in [4.69, 9.17) is 9.47 Å². The van der Waals surface area contributed by atoms with Gasteiger partial charge in [0.25, 0.3) is 5.91 Å². The first kappa shape index (κ1) is 23.0. The number of amides is 2. The summed E-state index contributed by atoms with van der Waals surface area (Å²) in [6.45, 7) is -0.588. The van der Waals surface area contributed by atoms with E-state index < -0.39 is 24.7 Å². The van der Waals surface area contributed by atoms with Crippen LogP contribution >= 0.6 is 0 Å². The predicted octanol–water partition coefficient (Wildman–Crippen LogP) is 2.90. The molecule has 0 heterocycles. The Morgan fingerprint density at radius 2 is 1.63 bits per heavy atom. The largest absolute Gasteiger partial charge is 0.493 e. The molecular formula is C20H22F3N3O4. The number of ether oxygens (including phenoxy) is 2. The molecule has 7 nitrogen and oxygen atoms in total. The topological polar surface area (TPSA) is 88.7 Å². The fourth-order valence-corrected chi connectivity index (χ4v) is 2.70. The summed E-state index contributed by atoms with van der Waals surface area (Å²) >= 11 is 0. The molecule has 30 heavy (non-hydrogen) atoms. The van der Waals surface area contributed by atoms with E-state index in [1.54, 1.807) is 0 Å². The van der Waals surface area contributed by atoms with Crippen molar-refractivity contribution in [2.75, 3.05) is 33.1 Å². The van der Waals surface area contributed by atoms with Crippen molar-refractivity contribution in [3.8, 4) is 11.5 Å². The lowest BCUT2D eigenvalue weighted by Gasteiger charge is -2.23. The van der Waals surface area contributed by atoms with Crippen molar-refractivity contribution in [2.24, 2.45) is 0 Å². The van der Waals surface area contributed by atoms with Gasteiger partial charge in [-0.05, 0) is 42.0 Å². The molecule has 0 aromatic heterocycles. The summed E-state index contributed by atoms with van der Waals surface area (Å²) in [6.07, 6.45) is -4.64. The van der Waals surface area contributed by atoms with E-state index in [-0.39, 0.29) is 17.2 Å². The number of nitrogens with one attached hydrogen (secondary N) is 3. The van der Waals surface area contributed by atoms with E-state index in [1.165, 1.54) is 63.7 Å². The maximum absolute atomic E-state index is 13.6. The molecule has 2 aromatic rings. The third-order valence-electron chi connectivity index (χ3n) is 4.19. The standard InChI is InChI=1S/C20H22F3N3O4/c1-24-19(28)12-4-7-14(8-5-12)26-17(27)11-25-18(20(21,22)23)13-6-9-15(29-2)16(10-13)30-3/h4-10,18,25H,11H2,1-3H3,(H,24,28)(H,26,27). The van der Waals surface area contributed by atoms with Crippen LogP contribution in [-0.2, 0) is 4.79 Å². The smallest absolute Gasteiger partial charge is 0.407 e. The van der Waals surface area contributed by atoms with E-state index in [2.05, 4.69) is 16.0 Å². The van der Waals surface area contributed by atoms with Gasteiger partial charge in [0, 0.05) is 18.3 Å². The summed E-state index contributed by atoms with van der Waals surface area (Å²) < 4.78 is 50.7. The molecule has 0 aliphatic rings. The van der Waals surface area contributed by atoms with Gasteiger partial charge in [-0.2, -0.15) is 13.2 Å². The highest BCUT2D eigenvalue weighted by Gasteiger charge is 2.41. The Morgan fingerprint density at radius 1 is 1.00 bits per heavy atom. The molecule has 2 aromatic carbocycles. The SMILES string of the molecule is CNC(=O)c1ccc(NC(=O)CNC(c2ccc(OC)c(OC)c2)C(F)(F)F)cc1. The molecular weight excluding hydrogens is 403 g/mol. The zero-order valence-electron chi connectivity index (χ0n) is 16.6. The van der Waals surface area contributed by atoms with Gasteiger partial charge in [-0.25, -0.2) is 0 Å². The fraction of sp³-hybridized carbons (Fsp3) is 0.300. The average Bonchev–Trinajstić information content (AvgIpc) is 2.72. The quantitative estimate of drug-likeness (QED) is 0.605. The van der Waals surface area contributed by atoms with Crippen LogP contribution in [0.4, 0.5) is 18.9 Å². The highest BCUT2D eigenvalue weighted by molar-refractivity contribution is 5.96. The van der Waals surface area contributed by atoms with Gasteiger partial charge in [0.05, 0.1) is 20.8 Å². The van der Waals surface area contributed by atoms with Gasteiger partial charge in [0.1, 0.15) is 6.04 Å². The zero-order chi connectivity index (χ0) is 22.3. The van der Waals surface area contributed by atoms with Gasteiger partial charge in [-0.1, -0.05) is 6.07 Å². The number of anilines is 1. The Morgan fingerprint density at radius 3 is 2.17 bits per heavy atom. The summed E-state index contributed by atoms with van der Waals surface area (Å²) in [6, 6.07) is 7.69. The van der Waals surface area contributed by atoms with Crippen LogP contribution in [-0.4, -0.2) is 45.8 Å². The van der Waals surface area contributed by atoms with Crippen LogP contribution in [0.5, 0.6) is 11.5 Å². The van der Waals surface area contributed by atoms with E-state index in [0.29, 0.717) is 17.0 Å². The fourth-order valence-electron chi connectivity index (χ4n) is 2.70. The van der Waals surface area contributed by atoms with Crippen LogP contribution in [0.2, 0.25) is 0 Å². The Kier molecular flexibility index (Phi) is 7.65. The van der Waals surface area contributed by atoms with Crippen LogP contribution in [0.3, 0.4) is 0 Å². The van der Waals surface area contributed by atoms with Gasteiger partial charge in [0.15, 0.2) is 11.5 Å². The summed E-state index contributed by atoms with van der Waals surface area (Å²) in [5.74, 6) is -0.526. The van der Waals surface area contributed by atoms with Crippen LogP contribution in [0.1, 0.15) is 22.0 Å². The number of methoxy groups -OCH3 is 2. The number of carbonyl (C=O) groups is 2. The summed E-state index contributed by atoms with van der Waals surface area (Å²) in [7, 11) is 4.18. The average molecular weight is 425 g/mol. The van der Waals surface area contributed by atoms with Gasteiger partial charge in [0.2, 0.25) is 5.91 Å². The molecule has 1 unspecified atom stereocenters. The van der Waals surface area contributed by atoms with E-state index in [9.17, 15) is 22.8 Å². The molecule has 0 saturated carbocycles. The van der Waals surface area contributed by atoms with Crippen LogP contribution < -0.4 is 25.4 Å². The number of hydrogen-bond acceptors (Lipinski definition) is 5. The van der Waals surface area contributed by atoms with Crippen LogP contribution in [0.25, 0.3) is 0 Å². The summed E-state index contributed by atoms with van der Waals surface area (Å²) in [4.78, 5) is 23.6. The maximum atomic E-state index is 13.6. The molecule has 0 aliphatic heterocycles. The lowest BCUT2D eigenvalue weighted by molar-refractivity contribution is -0.158. The zero-order valence-corrected chi connectivity index (χ0v) is 16.6. The summed E-state index contributed by atoms with van der Waals surface area (Å²) in [5, 5.41) is 7.17. The van der Waals surface area contributed by atoms with Gasteiger partial charge in [-0.3, -0.25) is 14.9 Å². The normalized spacial score (nSPS) is 12.1. The van der Waals surface area contributed by atoms with Crippen molar-refractivity contribution in [1.29, 1.82) is 0 Å². The molecule has 0 bridgehead atoms.